The number of rotatable bonds is 58. The van der Waals surface area contributed by atoms with Crippen molar-refractivity contribution in [1.82, 2.24) is 0 Å². The van der Waals surface area contributed by atoms with Gasteiger partial charge in [-0.15, -0.1) is 0 Å². The van der Waals surface area contributed by atoms with Gasteiger partial charge in [0.2, 0.25) is 0 Å². The number of carbonyl (C=O) groups excluding carboxylic acids is 2. The zero-order valence-corrected chi connectivity index (χ0v) is 48.8. The van der Waals surface area contributed by atoms with E-state index in [1.54, 1.807) is 0 Å². The second kappa shape index (κ2) is 64.1. The number of esters is 2. The quantitative estimate of drug-likeness (QED) is 0.0373. The normalized spacial score (nSPS) is 12.9. The Labute approximate surface area is 459 Å². The van der Waals surface area contributed by atoms with Crippen LogP contribution in [0, 0.1) is 0 Å². The highest BCUT2D eigenvalue weighted by Crippen LogP contribution is 2.17. The third kappa shape index (κ3) is 61.4. The Hall–Kier alpha value is -3.18. The maximum Gasteiger partial charge on any atom is 0.306 e. The third-order valence-corrected chi connectivity index (χ3v) is 13.9. The summed E-state index contributed by atoms with van der Waals surface area (Å²) in [5, 5.41) is 9.68. The van der Waals surface area contributed by atoms with Crippen LogP contribution in [0.1, 0.15) is 309 Å². The second-order valence-corrected chi connectivity index (χ2v) is 21.1. The minimum Gasteiger partial charge on any atom is -0.462 e. The molecule has 0 radical (unpaired) electrons. The molecule has 0 bridgehead atoms. The topological polar surface area (TPSA) is 72.8 Å². The van der Waals surface area contributed by atoms with Crippen molar-refractivity contribution in [3.8, 4) is 0 Å². The molecule has 0 aromatic rings. The van der Waals surface area contributed by atoms with Crippen LogP contribution in [0.15, 0.2) is 97.2 Å². The van der Waals surface area contributed by atoms with Gasteiger partial charge in [0, 0.05) is 12.8 Å². The van der Waals surface area contributed by atoms with Gasteiger partial charge < -0.3 is 14.6 Å². The molecule has 0 rings (SSSR count). The zero-order valence-electron chi connectivity index (χ0n) is 48.8. The van der Waals surface area contributed by atoms with Gasteiger partial charge in [0.1, 0.15) is 6.61 Å². The summed E-state index contributed by atoms with van der Waals surface area (Å²) < 4.78 is 10.7. The number of hydrogen-bond donors (Lipinski definition) is 1. The Morgan fingerprint density at radius 3 is 0.892 bits per heavy atom. The maximum absolute atomic E-state index is 12.3. The van der Waals surface area contributed by atoms with E-state index in [9.17, 15) is 14.7 Å². The number of allylic oxidation sites excluding steroid dienone is 16. The van der Waals surface area contributed by atoms with Gasteiger partial charge in [-0.2, -0.15) is 0 Å². The van der Waals surface area contributed by atoms with Crippen LogP contribution in [0.5, 0.6) is 0 Å². The van der Waals surface area contributed by atoms with Crippen molar-refractivity contribution in [3.05, 3.63) is 97.2 Å². The van der Waals surface area contributed by atoms with Crippen molar-refractivity contribution < 1.29 is 24.2 Å². The lowest BCUT2D eigenvalue weighted by Gasteiger charge is -2.15. The Morgan fingerprint density at radius 1 is 0.324 bits per heavy atom. The molecule has 5 nitrogen and oxygen atoms in total. The van der Waals surface area contributed by atoms with Gasteiger partial charge >= 0.3 is 11.9 Å². The van der Waals surface area contributed by atoms with Crippen LogP contribution in [0.2, 0.25) is 0 Å². The molecule has 1 unspecified atom stereocenters. The molecule has 0 spiro atoms. The molecule has 0 aliphatic rings. The Kier molecular flexibility index (Phi) is 61.4. The molecule has 0 saturated heterocycles. The van der Waals surface area contributed by atoms with E-state index >= 15 is 0 Å². The average Bonchev–Trinajstić information content (AvgIpc) is 3.40. The van der Waals surface area contributed by atoms with Crippen LogP contribution in [-0.2, 0) is 19.1 Å². The molecule has 5 heteroatoms. The summed E-state index contributed by atoms with van der Waals surface area (Å²) in [6, 6.07) is 0. The van der Waals surface area contributed by atoms with Gasteiger partial charge in [0.05, 0.1) is 6.61 Å². The molecular formula is C69H120O5. The SMILES string of the molecule is CC/C=C\C/C=C\C/C=C\C/C=C\C/C=C\C/C=C\C/C=C\CCCCCCCCCCCCCC(=O)OC(CO)COC(=O)CCCCCCCCCCCCCCCCC/C=C\CCCCCCCCCC. The molecule has 0 aromatic heterocycles. The summed E-state index contributed by atoms with van der Waals surface area (Å²) in [5.74, 6) is -0.586. The van der Waals surface area contributed by atoms with E-state index in [1.165, 1.54) is 199 Å². The second-order valence-electron chi connectivity index (χ2n) is 21.1. The molecule has 0 heterocycles. The summed E-state index contributed by atoms with van der Waals surface area (Å²) in [6.07, 6.45) is 91.2. The van der Waals surface area contributed by atoms with Crippen LogP contribution in [0.3, 0.4) is 0 Å². The standard InChI is InChI=1S/C69H120O5/c1-3-5-7-9-11-13-15-17-19-21-23-25-27-29-31-32-33-34-35-36-38-40-42-44-46-48-50-52-54-56-58-60-62-64-69(72)74-67(65-70)66-73-68(71)63-61-59-57-55-53-51-49-47-45-43-41-39-37-30-28-26-24-22-20-18-16-14-12-10-8-6-4-2/h5,7,11,13,17,19,22-25,29,31,33-34,36,38,67,70H,3-4,6,8-10,12,14-16,18,20-21,26-28,30,32,35,37,39-66H2,1-2H3/b7-5-,13-11-,19-17-,24-22-,25-23-,31-29-,34-33-,38-36-. The summed E-state index contributed by atoms with van der Waals surface area (Å²) in [6.45, 7) is 4.05. The van der Waals surface area contributed by atoms with Crippen LogP contribution in [-0.4, -0.2) is 36.4 Å². The largest absolute Gasteiger partial charge is 0.462 e. The molecule has 0 fully saturated rings. The molecule has 426 valence electrons. The molecule has 1 atom stereocenters. The van der Waals surface area contributed by atoms with E-state index in [0.29, 0.717) is 12.8 Å². The molecule has 0 aliphatic heterocycles. The minimum atomic E-state index is -0.779. The highest BCUT2D eigenvalue weighted by molar-refractivity contribution is 5.70. The van der Waals surface area contributed by atoms with Crippen molar-refractivity contribution in [1.29, 1.82) is 0 Å². The van der Waals surface area contributed by atoms with E-state index in [-0.39, 0.29) is 25.2 Å². The molecule has 74 heavy (non-hydrogen) atoms. The van der Waals surface area contributed by atoms with E-state index in [0.717, 1.165) is 83.5 Å². The lowest BCUT2D eigenvalue weighted by molar-refractivity contribution is -0.161. The summed E-state index contributed by atoms with van der Waals surface area (Å²) >= 11 is 0. The first-order valence-corrected chi connectivity index (χ1v) is 31.8. The molecular weight excluding hydrogens is 909 g/mol. The van der Waals surface area contributed by atoms with Crippen LogP contribution in [0.4, 0.5) is 0 Å². The van der Waals surface area contributed by atoms with Crippen molar-refractivity contribution in [3.63, 3.8) is 0 Å². The number of unbranched alkanes of at least 4 members (excludes halogenated alkanes) is 34. The van der Waals surface area contributed by atoms with E-state index in [4.69, 9.17) is 9.47 Å². The van der Waals surface area contributed by atoms with Crippen LogP contribution < -0.4 is 0 Å². The first-order chi connectivity index (χ1) is 36.6. The Balaban J connectivity index is 3.50. The fraction of sp³-hybridized carbons (Fsp3) is 0.739. The number of carbonyl (C=O) groups is 2. The van der Waals surface area contributed by atoms with Crippen LogP contribution in [0.25, 0.3) is 0 Å². The van der Waals surface area contributed by atoms with Gasteiger partial charge in [-0.25, -0.2) is 0 Å². The lowest BCUT2D eigenvalue weighted by Crippen LogP contribution is -2.28. The van der Waals surface area contributed by atoms with E-state index < -0.39 is 6.10 Å². The first-order valence-electron chi connectivity index (χ1n) is 31.8. The molecule has 0 aliphatic carbocycles. The lowest BCUT2D eigenvalue weighted by atomic mass is 10.0. The fourth-order valence-corrected chi connectivity index (χ4v) is 9.12. The Bertz CT molecular complexity index is 1400. The van der Waals surface area contributed by atoms with E-state index in [2.05, 4.69) is 111 Å². The minimum absolute atomic E-state index is 0.0683. The van der Waals surface area contributed by atoms with Crippen LogP contribution >= 0.6 is 0 Å². The van der Waals surface area contributed by atoms with Gasteiger partial charge in [-0.3, -0.25) is 9.59 Å². The first kappa shape index (κ1) is 70.8. The number of aliphatic hydroxyl groups excluding tert-OH is 1. The molecule has 0 amide bonds. The summed E-state index contributed by atoms with van der Waals surface area (Å²) in [7, 11) is 0. The highest BCUT2D eigenvalue weighted by atomic mass is 16.6. The van der Waals surface area contributed by atoms with Gasteiger partial charge in [-0.1, -0.05) is 297 Å². The molecule has 1 N–H and O–H groups in total. The average molecular weight is 1030 g/mol. The smallest absolute Gasteiger partial charge is 0.306 e. The highest BCUT2D eigenvalue weighted by Gasteiger charge is 2.16. The number of aliphatic hydroxyl groups is 1. The van der Waals surface area contributed by atoms with Crippen molar-refractivity contribution in [2.45, 2.75) is 315 Å². The summed E-state index contributed by atoms with van der Waals surface area (Å²) in [4.78, 5) is 24.6. The van der Waals surface area contributed by atoms with Gasteiger partial charge in [0.15, 0.2) is 6.10 Å². The summed E-state index contributed by atoms with van der Waals surface area (Å²) in [5.41, 5.74) is 0. The van der Waals surface area contributed by atoms with E-state index in [1.807, 2.05) is 0 Å². The van der Waals surface area contributed by atoms with Crippen molar-refractivity contribution in [2.24, 2.45) is 0 Å². The van der Waals surface area contributed by atoms with Crippen molar-refractivity contribution in [2.75, 3.05) is 13.2 Å². The molecule has 0 saturated carbocycles. The zero-order chi connectivity index (χ0) is 53.4. The maximum atomic E-state index is 12.3. The Morgan fingerprint density at radius 2 is 0.581 bits per heavy atom. The predicted molar refractivity (Wildman–Crippen MR) is 325 cm³/mol. The predicted octanol–water partition coefficient (Wildman–Crippen LogP) is 21.9. The third-order valence-electron chi connectivity index (χ3n) is 13.9. The van der Waals surface area contributed by atoms with Gasteiger partial charge in [0.25, 0.3) is 0 Å². The fourth-order valence-electron chi connectivity index (χ4n) is 9.12. The monoisotopic (exact) mass is 1030 g/mol. The number of hydrogen-bond acceptors (Lipinski definition) is 5. The van der Waals surface area contributed by atoms with Gasteiger partial charge in [-0.05, 0) is 96.3 Å². The number of ether oxygens (including phenoxy) is 2. The van der Waals surface area contributed by atoms with Crippen molar-refractivity contribution >= 4 is 11.9 Å². The molecule has 0 aromatic carbocycles.